The Morgan fingerprint density at radius 1 is 1.03 bits per heavy atom. The van der Waals surface area contributed by atoms with Crippen LogP contribution in [0.3, 0.4) is 0 Å². The number of benzene rings is 2. The van der Waals surface area contributed by atoms with Gasteiger partial charge in [-0.1, -0.05) is 18.6 Å². The Labute approximate surface area is 197 Å². The first kappa shape index (κ1) is 24.0. The lowest BCUT2D eigenvalue weighted by molar-refractivity contribution is 0.102. The van der Waals surface area contributed by atoms with Gasteiger partial charge in [0.15, 0.2) is 0 Å². The fraction of sp³-hybridized carbons (Fsp3) is 0.333. The molecule has 10 heteroatoms. The maximum atomic E-state index is 13.8. The number of halogens is 2. The maximum absolute atomic E-state index is 13.8. The van der Waals surface area contributed by atoms with Gasteiger partial charge in [0.25, 0.3) is 5.91 Å². The van der Waals surface area contributed by atoms with Gasteiger partial charge in [-0.25, -0.2) is 17.2 Å². The second-order valence-corrected chi connectivity index (χ2v) is 10.3. The third-order valence-corrected chi connectivity index (χ3v) is 8.10. The van der Waals surface area contributed by atoms with Gasteiger partial charge in [0, 0.05) is 24.7 Å². The lowest BCUT2D eigenvalue weighted by Gasteiger charge is -2.26. The van der Waals surface area contributed by atoms with Gasteiger partial charge < -0.3 is 5.32 Å². The number of sulfonamides is 1. The molecule has 3 aromatic rings. The monoisotopic (exact) mass is 488 g/mol. The molecule has 0 radical (unpaired) electrons. The van der Waals surface area contributed by atoms with Crippen molar-refractivity contribution in [2.24, 2.45) is 0 Å². The number of amides is 1. The highest BCUT2D eigenvalue weighted by atomic mass is 32.2. The van der Waals surface area contributed by atoms with E-state index in [1.54, 1.807) is 42.8 Å². The summed E-state index contributed by atoms with van der Waals surface area (Å²) in [4.78, 5) is 12.7. The first-order valence-electron chi connectivity index (χ1n) is 11.1. The number of carbonyl (C=O) groups is 1. The number of aromatic nitrogens is 2. The Bertz CT molecular complexity index is 1310. The molecule has 0 aliphatic carbocycles. The van der Waals surface area contributed by atoms with E-state index in [-0.39, 0.29) is 16.1 Å². The minimum Gasteiger partial charge on any atom is -0.319 e. The summed E-state index contributed by atoms with van der Waals surface area (Å²) in [5.41, 5.74) is 1.86. The van der Waals surface area contributed by atoms with Crippen LogP contribution in [0.4, 0.5) is 14.5 Å². The number of piperidine rings is 1. The van der Waals surface area contributed by atoms with E-state index in [1.807, 2.05) is 0 Å². The second kappa shape index (κ2) is 9.63. The van der Waals surface area contributed by atoms with Crippen LogP contribution in [0.2, 0.25) is 0 Å². The normalized spacial score (nSPS) is 14.8. The molecule has 0 unspecified atom stereocenters. The molecule has 1 aromatic heterocycles. The van der Waals surface area contributed by atoms with Gasteiger partial charge in [-0.15, -0.1) is 0 Å². The summed E-state index contributed by atoms with van der Waals surface area (Å²) >= 11 is 0. The van der Waals surface area contributed by atoms with Crippen LogP contribution in [0.25, 0.3) is 0 Å². The summed E-state index contributed by atoms with van der Waals surface area (Å²) in [6.45, 7) is 4.80. The minimum absolute atomic E-state index is 0.237. The highest BCUT2D eigenvalue weighted by Gasteiger charge is 2.31. The number of rotatable bonds is 6. The largest absolute Gasteiger partial charge is 0.319 e. The predicted octanol–water partition coefficient (Wildman–Crippen LogP) is 4.25. The first-order chi connectivity index (χ1) is 16.2. The highest BCUT2D eigenvalue weighted by Crippen LogP contribution is 2.26. The molecule has 4 rings (SSSR count). The average Bonchev–Trinajstić information content (AvgIpc) is 3.10. The molecule has 1 aliphatic rings. The van der Waals surface area contributed by atoms with Gasteiger partial charge in [0.1, 0.15) is 16.5 Å². The van der Waals surface area contributed by atoms with E-state index in [9.17, 15) is 22.0 Å². The van der Waals surface area contributed by atoms with Gasteiger partial charge in [-0.3, -0.25) is 9.48 Å². The third-order valence-electron chi connectivity index (χ3n) is 5.95. The predicted molar refractivity (Wildman–Crippen MR) is 124 cm³/mol. The van der Waals surface area contributed by atoms with Crippen LogP contribution in [0, 0.1) is 25.5 Å². The van der Waals surface area contributed by atoms with Gasteiger partial charge in [0.05, 0.1) is 23.6 Å². The summed E-state index contributed by atoms with van der Waals surface area (Å²) in [7, 11) is -3.61. The summed E-state index contributed by atoms with van der Waals surface area (Å²) in [5.74, 6) is -1.96. The van der Waals surface area contributed by atoms with Crippen molar-refractivity contribution in [3.63, 3.8) is 0 Å². The van der Waals surface area contributed by atoms with Crippen LogP contribution in [-0.4, -0.2) is 41.5 Å². The van der Waals surface area contributed by atoms with Gasteiger partial charge in [-0.2, -0.15) is 9.40 Å². The van der Waals surface area contributed by atoms with E-state index in [0.29, 0.717) is 31.0 Å². The SMILES string of the molecule is Cc1nn(Cc2ccc(C(=O)Nc3cc(F)ccc3F)cc2)c(C)c1S(=O)(=O)N1CCCCC1. The quantitative estimate of drug-likeness (QED) is 0.562. The maximum Gasteiger partial charge on any atom is 0.255 e. The molecular formula is C24H26F2N4O3S. The number of nitrogens with zero attached hydrogens (tertiary/aromatic N) is 3. The Balaban J connectivity index is 1.50. The van der Waals surface area contributed by atoms with E-state index in [1.165, 1.54) is 4.31 Å². The van der Waals surface area contributed by atoms with Crippen molar-refractivity contribution in [1.82, 2.24) is 14.1 Å². The molecule has 1 fully saturated rings. The second-order valence-electron chi connectivity index (χ2n) is 8.40. The van der Waals surface area contributed by atoms with Crippen LogP contribution in [0.5, 0.6) is 0 Å². The summed E-state index contributed by atoms with van der Waals surface area (Å²) in [6.07, 6.45) is 2.75. The smallest absolute Gasteiger partial charge is 0.255 e. The number of nitrogens with one attached hydrogen (secondary N) is 1. The van der Waals surface area contributed by atoms with E-state index >= 15 is 0 Å². The topological polar surface area (TPSA) is 84.3 Å². The van der Waals surface area contributed by atoms with Crippen molar-refractivity contribution in [3.8, 4) is 0 Å². The van der Waals surface area contributed by atoms with Crippen LogP contribution in [0.15, 0.2) is 47.4 Å². The molecule has 180 valence electrons. The Kier molecular flexibility index (Phi) is 6.81. The zero-order chi connectivity index (χ0) is 24.5. The zero-order valence-electron chi connectivity index (χ0n) is 19.0. The molecule has 0 saturated carbocycles. The molecule has 0 atom stereocenters. The van der Waals surface area contributed by atoms with Gasteiger partial charge in [0.2, 0.25) is 10.0 Å². The number of aryl methyl sites for hydroxylation is 1. The van der Waals surface area contributed by atoms with E-state index in [4.69, 9.17) is 0 Å². The van der Waals surface area contributed by atoms with Gasteiger partial charge in [-0.05, 0) is 56.5 Å². The van der Waals surface area contributed by atoms with E-state index in [2.05, 4.69) is 10.4 Å². The Morgan fingerprint density at radius 3 is 2.38 bits per heavy atom. The third kappa shape index (κ3) is 4.88. The minimum atomic E-state index is -3.61. The summed E-state index contributed by atoms with van der Waals surface area (Å²) < 4.78 is 56.7. The molecule has 2 heterocycles. The number of hydrogen-bond donors (Lipinski definition) is 1. The van der Waals surface area contributed by atoms with Gasteiger partial charge >= 0.3 is 0 Å². The highest BCUT2D eigenvalue weighted by molar-refractivity contribution is 7.89. The van der Waals surface area contributed by atoms with E-state index < -0.39 is 27.6 Å². The molecule has 1 saturated heterocycles. The molecule has 2 aromatic carbocycles. The molecular weight excluding hydrogens is 462 g/mol. The lowest BCUT2D eigenvalue weighted by atomic mass is 10.1. The molecule has 34 heavy (non-hydrogen) atoms. The standard InChI is InChI=1S/C24H26F2N4O3S/c1-16-23(34(32,33)29-12-4-3-5-13-29)17(2)30(28-16)15-18-6-8-19(9-7-18)24(31)27-22-14-20(25)10-11-21(22)26/h6-11,14H,3-5,12-13,15H2,1-2H3,(H,27,31). The van der Waals surface area contributed by atoms with Crippen molar-refractivity contribution >= 4 is 21.6 Å². The number of anilines is 1. The Morgan fingerprint density at radius 2 is 1.71 bits per heavy atom. The summed E-state index contributed by atoms with van der Waals surface area (Å²) in [6, 6.07) is 9.40. The molecule has 1 N–H and O–H groups in total. The van der Waals surface area contributed by atoms with Crippen molar-refractivity contribution in [1.29, 1.82) is 0 Å². The van der Waals surface area contributed by atoms with Crippen molar-refractivity contribution in [2.45, 2.75) is 44.6 Å². The lowest BCUT2D eigenvalue weighted by Crippen LogP contribution is -2.36. The van der Waals surface area contributed by atoms with Crippen LogP contribution in [0.1, 0.15) is 46.6 Å². The van der Waals surface area contributed by atoms with Crippen molar-refractivity contribution in [3.05, 3.63) is 76.6 Å². The van der Waals surface area contributed by atoms with Crippen molar-refractivity contribution < 1.29 is 22.0 Å². The Hall–Kier alpha value is -3.11. The fourth-order valence-electron chi connectivity index (χ4n) is 4.16. The van der Waals surface area contributed by atoms with Crippen LogP contribution >= 0.6 is 0 Å². The van der Waals surface area contributed by atoms with Crippen LogP contribution < -0.4 is 5.32 Å². The molecule has 0 spiro atoms. The first-order valence-corrected chi connectivity index (χ1v) is 12.5. The zero-order valence-corrected chi connectivity index (χ0v) is 19.8. The molecule has 1 aliphatic heterocycles. The van der Waals surface area contributed by atoms with E-state index in [0.717, 1.165) is 43.0 Å². The number of hydrogen-bond acceptors (Lipinski definition) is 4. The van der Waals surface area contributed by atoms with Crippen molar-refractivity contribution in [2.75, 3.05) is 18.4 Å². The van der Waals surface area contributed by atoms with Crippen LogP contribution in [-0.2, 0) is 16.6 Å². The number of carbonyl (C=O) groups excluding carboxylic acids is 1. The fourth-order valence-corrected chi connectivity index (χ4v) is 6.05. The molecule has 1 amide bonds. The molecule has 0 bridgehead atoms. The summed E-state index contributed by atoms with van der Waals surface area (Å²) in [5, 5.41) is 6.81. The molecule has 7 nitrogen and oxygen atoms in total. The average molecular weight is 489 g/mol.